The Kier molecular flexibility index (Phi) is 6.30. The summed E-state index contributed by atoms with van der Waals surface area (Å²) in [6, 6.07) is 12.6. The first-order valence-corrected chi connectivity index (χ1v) is 11.6. The lowest BCUT2D eigenvalue weighted by Crippen LogP contribution is -2.41. The fourth-order valence-corrected chi connectivity index (χ4v) is 4.59. The summed E-state index contributed by atoms with van der Waals surface area (Å²) in [5, 5.41) is 3.32. The molecule has 0 fully saturated rings. The minimum Gasteiger partial charge on any atom is -0.348 e. The van der Waals surface area contributed by atoms with Crippen LogP contribution in [0.25, 0.3) is 0 Å². The van der Waals surface area contributed by atoms with Crippen molar-refractivity contribution in [2.45, 2.75) is 38.6 Å². The second-order valence-electron chi connectivity index (χ2n) is 7.27. The summed E-state index contributed by atoms with van der Waals surface area (Å²) >= 11 is 5.98. The molecule has 2 aromatic carbocycles. The van der Waals surface area contributed by atoms with Gasteiger partial charge in [0.2, 0.25) is 15.9 Å². The smallest absolute Gasteiger partial charge is 0.241 e. The van der Waals surface area contributed by atoms with Gasteiger partial charge in [0.05, 0.1) is 18.0 Å². The second-order valence-corrected chi connectivity index (χ2v) is 9.62. The third-order valence-electron chi connectivity index (χ3n) is 5.03. The van der Waals surface area contributed by atoms with Crippen molar-refractivity contribution in [1.82, 2.24) is 5.32 Å². The van der Waals surface area contributed by atoms with E-state index in [0.717, 1.165) is 29.0 Å². The number of anilines is 1. The van der Waals surface area contributed by atoms with Crippen LogP contribution in [0.5, 0.6) is 0 Å². The zero-order valence-corrected chi connectivity index (χ0v) is 17.7. The number of sulfonamides is 1. The maximum Gasteiger partial charge on any atom is 0.241 e. The third-order valence-corrected chi connectivity index (χ3v) is 6.41. The van der Waals surface area contributed by atoms with E-state index >= 15 is 0 Å². The third kappa shape index (κ3) is 5.06. The first-order valence-electron chi connectivity index (χ1n) is 9.38. The molecule has 2 aromatic rings. The van der Waals surface area contributed by atoms with E-state index in [1.807, 2.05) is 13.0 Å². The van der Waals surface area contributed by atoms with E-state index in [4.69, 9.17) is 11.6 Å². The Morgan fingerprint density at radius 3 is 2.54 bits per heavy atom. The number of nitrogens with zero attached hydrogens (tertiary/aromatic N) is 1. The minimum atomic E-state index is -3.63. The number of hydrogen-bond acceptors (Lipinski definition) is 3. The number of benzene rings is 2. The monoisotopic (exact) mass is 420 g/mol. The van der Waals surface area contributed by atoms with E-state index in [1.54, 1.807) is 18.2 Å². The van der Waals surface area contributed by atoms with E-state index < -0.39 is 10.0 Å². The largest absolute Gasteiger partial charge is 0.348 e. The minimum absolute atomic E-state index is 0.208. The van der Waals surface area contributed by atoms with Crippen LogP contribution in [0.3, 0.4) is 0 Å². The summed E-state index contributed by atoms with van der Waals surface area (Å²) in [4.78, 5) is 12.6. The number of aryl methyl sites for hydroxylation is 2. The summed E-state index contributed by atoms with van der Waals surface area (Å²) < 4.78 is 25.5. The highest BCUT2D eigenvalue weighted by molar-refractivity contribution is 7.92. The number of hydrogen-bond donors (Lipinski definition) is 1. The molecule has 1 amide bonds. The summed E-state index contributed by atoms with van der Waals surface area (Å²) in [5.74, 6) is -0.365. The zero-order valence-electron chi connectivity index (χ0n) is 16.1. The van der Waals surface area contributed by atoms with Crippen molar-refractivity contribution in [3.8, 4) is 0 Å². The summed E-state index contributed by atoms with van der Waals surface area (Å²) in [6.45, 7) is 1.61. The van der Waals surface area contributed by atoms with Gasteiger partial charge >= 0.3 is 0 Å². The van der Waals surface area contributed by atoms with Gasteiger partial charge < -0.3 is 5.32 Å². The van der Waals surface area contributed by atoms with Crippen LogP contribution in [-0.4, -0.2) is 27.1 Å². The molecule has 1 aliphatic carbocycles. The lowest BCUT2D eigenvalue weighted by Gasteiger charge is -2.24. The Balaban J connectivity index is 1.72. The average molecular weight is 421 g/mol. The number of amides is 1. The molecule has 0 saturated carbocycles. The van der Waals surface area contributed by atoms with Crippen molar-refractivity contribution in [2.24, 2.45) is 0 Å². The molecular weight excluding hydrogens is 396 g/mol. The SMILES string of the molecule is C[C@H](NC(=O)CN(c1cccc(Cl)c1)S(C)(=O)=O)c1ccc2c(c1)CCCC2. The first kappa shape index (κ1) is 20.7. The van der Waals surface area contributed by atoms with Crippen LogP contribution in [0.2, 0.25) is 5.02 Å². The molecule has 0 saturated heterocycles. The van der Waals surface area contributed by atoms with Gasteiger partial charge in [-0.25, -0.2) is 8.42 Å². The second kappa shape index (κ2) is 8.53. The number of halogens is 1. The number of carbonyl (C=O) groups is 1. The lowest BCUT2D eigenvalue weighted by molar-refractivity contribution is -0.120. The van der Waals surface area contributed by atoms with Gasteiger partial charge in [0.15, 0.2) is 0 Å². The van der Waals surface area contributed by atoms with E-state index in [-0.39, 0.29) is 18.5 Å². The molecule has 0 spiro atoms. The fourth-order valence-electron chi connectivity index (χ4n) is 3.55. The van der Waals surface area contributed by atoms with Gasteiger partial charge in [0, 0.05) is 5.02 Å². The maximum atomic E-state index is 12.6. The molecule has 1 N–H and O–H groups in total. The Bertz CT molecular complexity index is 975. The standard InChI is InChI=1S/C21H25ClN2O3S/c1-15(17-11-10-16-6-3-4-7-18(16)12-17)23-21(25)14-24(28(2,26)27)20-9-5-8-19(22)13-20/h5,8-13,15H,3-4,6-7,14H2,1-2H3,(H,23,25)/t15-/m0/s1. The predicted octanol–water partition coefficient (Wildman–Crippen LogP) is 3.86. The maximum absolute atomic E-state index is 12.6. The Morgan fingerprint density at radius 1 is 1.14 bits per heavy atom. The van der Waals surface area contributed by atoms with E-state index in [2.05, 4.69) is 17.4 Å². The molecule has 0 radical (unpaired) electrons. The van der Waals surface area contributed by atoms with Gasteiger partial charge in [0.25, 0.3) is 0 Å². The van der Waals surface area contributed by atoms with Gasteiger partial charge in [0.1, 0.15) is 6.54 Å². The summed E-state index contributed by atoms with van der Waals surface area (Å²) in [7, 11) is -3.63. The van der Waals surface area contributed by atoms with Crippen molar-refractivity contribution in [2.75, 3.05) is 17.1 Å². The quantitative estimate of drug-likeness (QED) is 0.771. The number of fused-ring (bicyclic) bond motifs is 1. The Labute approximate surface area is 171 Å². The van der Waals surface area contributed by atoms with E-state index in [0.29, 0.717) is 10.7 Å². The summed E-state index contributed by atoms with van der Waals surface area (Å²) in [5.41, 5.74) is 4.13. The Morgan fingerprint density at radius 2 is 1.86 bits per heavy atom. The molecule has 28 heavy (non-hydrogen) atoms. The molecule has 0 bridgehead atoms. The lowest BCUT2D eigenvalue weighted by atomic mass is 9.89. The van der Waals surface area contributed by atoms with Crippen LogP contribution in [0.15, 0.2) is 42.5 Å². The van der Waals surface area contributed by atoms with Gasteiger partial charge in [-0.1, -0.05) is 35.9 Å². The van der Waals surface area contributed by atoms with Crippen molar-refractivity contribution in [1.29, 1.82) is 0 Å². The molecular formula is C21H25ClN2O3S. The van der Waals surface area contributed by atoms with Crippen LogP contribution in [0, 0.1) is 0 Å². The fraction of sp³-hybridized carbons (Fsp3) is 0.381. The predicted molar refractivity (Wildman–Crippen MR) is 113 cm³/mol. The highest BCUT2D eigenvalue weighted by Crippen LogP contribution is 2.25. The Hall–Kier alpha value is -2.05. The number of nitrogens with one attached hydrogen (secondary N) is 1. The topological polar surface area (TPSA) is 66.5 Å². The van der Waals surface area contributed by atoms with Crippen LogP contribution in [-0.2, 0) is 27.7 Å². The van der Waals surface area contributed by atoms with Gasteiger partial charge in [-0.3, -0.25) is 9.10 Å². The highest BCUT2D eigenvalue weighted by atomic mass is 35.5. The molecule has 0 unspecified atom stereocenters. The van der Waals surface area contributed by atoms with E-state index in [9.17, 15) is 13.2 Å². The van der Waals surface area contributed by atoms with Crippen molar-refractivity contribution in [3.05, 3.63) is 64.2 Å². The van der Waals surface area contributed by atoms with Gasteiger partial charge in [-0.15, -0.1) is 0 Å². The number of carbonyl (C=O) groups excluding carboxylic acids is 1. The van der Waals surface area contributed by atoms with E-state index in [1.165, 1.54) is 30.0 Å². The van der Waals surface area contributed by atoms with Gasteiger partial charge in [-0.2, -0.15) is 0 Å². The molecule has 3 rings (SSSR count). The van der Waals surface area contributed by atoms with Crippen molar-refractivity contribution >= 4 is 33.2 Å². The van der Waals surface area contributed by atoms with Crippen LogP contribution < -0.4 is 9.62 Å². The molecule has 1 aliphatic rings. The molecule has 5 nitrogen and oxygen atoms in total. The number of rotatable bonds is 6. The summed E-state index contributed by atoms with van der Waals surface area (Å²) in [6.07, 6.45) is 5.68. The molecule has 150 valence electrons. The molecule has 0 aromatic heterocycles. The van der Waals surface area contributed by atoms with Gasteiger partial charge in [-0.05, 0) is 67.5 Å². The molecule has 0 heterocycles. The normalized spacial score (nSPS) is 14.8. The van der Waals surface area contributed by atoms with Crippen LogP contribution in [0.4, 0.5) is 5.69 Å². The van der Waals surface area contributed by atoms with Crippen molar-refractivity contribution in [3.63, 3.8) is 0 Å². The average Bonchev–Trinajstić information content (AvgIpc) is 2.64. The van der Waals surface area contributed by atoms with Crippen LogP contribution >= 0.6 is 11.6 Å². The zero-order chi connectivity index (χ0) is 20.3. The van der Waals surface area contributed by atoms with Crippen LogP contribution in [0.1, 0.15) is 42.5 Å². The molecule has 1 atom stereocenters. The highest BCUT2D eigenvalue weighted by Gasteiger charge is 2.22. The first-order chi connectivity index (χ1) is 13.2. The molecule has 0 aliphatic heterocycles. The molecule has 7 heteroatoms. The van der Waals surface area contributed by atoms with Crippen molar-refractivity contribution < 1.29 is 13.2 Å².